The molecule has 90 heavy (non-hydrogen) atoms. The van der Waals surface area contributed by atoms with E-state index in [2.05, 4.69) is 119 Å². The fourth-order valence-corrected chi connectivity index (χ4v) is 10.9. The first-order chi connectivity index (χ1) is 43.6. The highest BCUT2D eigenvalue weighted by Crippen LogP contribution is 2.25. The number of benzene rings is 6. The average molecular weight is 1560 g/mol. The number of halogens is 6. The second kappa shape index (κ2) is 36.6. The van der Waals surface area contributed by atoms with E-state index in [-0.39, 0.29) is 45.2 Å². The predicted molar refractivity (Wildman–Crippen MR) is 372 cm³/mol. The van der Waals surface area contributed by atoms with Crippen LogP contribution in [0.3, 0.4) is 0 Å². The Morgan fingerprint density at radius 3 is 1.31 bits per heavy atom. The topological polar surface area (TPSA) is 199 Å². The summed E-state index contributed by atoms with van der Waals surface area (Å²) in [6.07, 6.45) is 10.2. The van der Waals surface area contributed by atoms with Crippen molar-refractivity contribution in [3.05, 3.63) is 306 Å². The Morgan fingerprint density at radius 2 is 0.867 bits per heavy atom. The summed E-state index contributed by atoms with van der Waals surface area (Å²) in [5.41, 5.74) is 6.81. The lowest BCUT2D eigenvalue weighted by atomic mass is 10.1. The summed E-state index contributed by atoms with van der Waals surface area (Å²) < 4.78 is 35.0. The summed E-state index contributed by atoms with van der Waals surface area (Å²) in [6, 6.07) is 60.3. The number of aromatic hydroxyl groups is 1. The van der Waals surface area contributed by atoms with Gasteiger partial charge in [-0.25, -0.2) is 0 Å². The second-order valence-corrected chi connectivity index (χ2v) is 23.5. The third kappa shape index (κ3) is 21.3. The number of para-hydroxylation sites is 4. The van der Waals surface area contributed by atoms with Gasteiger partial charge in [0.15, 0.2) is 34.2 Å². The number of H-pyrrole nitrogens is 1. The number of aromatic amines is 1. The third-order valence-electron chi connectivity index (χ3n) is 13.0. The van der Waals surface area contributed by atoms with Gasteiger partial charge in [0, 0.05) is 67.6 Å². The summed E-state index contributed by atoms with van der Waals surface area (Å²) >= 11 is 22.9. The van der Waals surface area contributed by atoms with Gasteiger partial charge in [-0.2, -0.15) is 9.97 Å². The summed E-state index contributed by atoms with van der Waals surface area (Å²) in [7, 11) is 2.97. The number of nitrogens with zero attached hydrogens (tertiary/aromatic N) is 5. The summed E-state index contributed by atoms with van der Waals surface area (Å²) in [5, 5.41) is 10.5. The van der Waals surface area contributed by atoms with E-state index in [4.69, 9.17) is 34.6 Å². The predicted octanol–water partition coefficient (Wildman–Crippen LogP) is 16.5. The number of hydrogen-bond acceptors (Lipinski definition) is 12. The molecule has 22 heteroatoms. The smallest absolute Gasteiger partial charge is 0.400 e. The van der Waals surface area contributed by atoms with Gasteiger partial charge in [-0.15, -0.1) is 0 Å². The highest BCUT2D eigenvalue weighted by molar-refractivity contribution is 9.11. The first kappa shape index (κ1) is 69.4. The maximum absolute atomic E-state index is 12.7. The van der Waals surface area contributed by atoms with E-state index in [1.54, 1.807) is 76.4 Å². The zero-order valence-electron chi connectivity index (χ0n) is 48.6. The molecule has 6 heterocycles. The molecular formula is C68H60Br5ClN6O10. The van der Waals surface area contributed by atoms with Crippen LogP contribution in [0.4, 0.5) is 0 Å². The molecule has 0 aliphatic heterocycles. The monoisotopic (exact) mass is 1550 g/mol. The zero-order chi connectivity index (χ0) is 64.2. The minimum Gasteiger partial charge on any atom is -0.503 e. The van der Waals surface area contributed by atoms with Crippen LogP contribution in [0.2, 0.25) is 5.35 Å². The van der Waals surface area contributed by atoms with Crippen molar-refractivity contribution >= 4 is 113 Å². The Labute approximate surface area is 565 Å². The highest BCUT2D eigenvalue weighted by Gasteiger charge is 2.13. The van der Waals surface area contributed by atoms with Crippen LogP contribution in [-0.2, 0) is 45.3 Å². The molecule has 2 N–H and O–H groups in total. The second-order valence-electron chi connectivity index (χ2n) is 18.9. The van der Waals surface area contributed by atoms with Crippen LogP contribution in [0.1, 0.15) is 22.3 Å². The van der Waals surface area contributed by atoms with E-state index in [1.165, 1.54) is 40.5 Å². The van der Waals surface area contributed by atoms with E-state index < -0.39 is 0 Å². The molecule has 0 saturated carbocycles. The van der Waals surface area contributed by atoms with Crippen LogP contribution in [0.5, 0.6) is 29.1 Å². The maximum atomic E-state index is 12.7. The van der Waals surface area contributed by atoms with Crippen LogP contribution in [0.15, 0.2) is 265 Å². The number of methoxy groups -OCH3 is 2. The number of rotatable bonds is 15. The molecule has 6 aromatic carbocycles. The summed E-state index contributed by atoms with van der Waals surface area (Å²) in [4.78, 5) is 57.5. The molecule has 0 radical (unpaired) electrons. The average Bonchev–Trinajstić information content (AvgIpc) is 2.35. The Balaban J connectivity index is 0.000000160. The van der Waals surface area contributed by atoms with Crippen molar-refractivity contribution in [3.8, 4) is 29.1 Å². The van der Waals surface area contributed by atoms with Crippen molar-refractivity contribution in [1.82, 2.24) is 28.7 Å². The van der Waals surface area contributed by atoms with Crippen LogP contribution < -0.4 is 36.4 Å². The lowest BCUT2D eigenvalue weighted by Crippen LogP contribution is -2.21. The van der Waals surface area contributed by atoms with E-state index in [0.29, 0.717) is 42.2 Å². The zero-order valence-corrected chi connectivity index (χ0v) is 57.3. The normalized spacial score (nSPS) is 10.4. The number of oxazole rings is 2. The van der Waals surface area contributed by atoms with Crippen LogP contribution in [0.25, 0.3) is 22.2 Å². The number of pyridine rings is 4. The molecule has 12 rings (SSSR count). The number of fused-ring (bicyclic) bond motifs is 2. The molecular weight excluding hydrogens is 1500 g/mol. The molecule has 0 atom stereocenters. The van der Waals surface area contributed by atoms with Crippen LogP contribution in [-0.4, -0.2) is 53.3 Å². The van der Waals surface area contributed by atoms with Crippen LogP contribution >= 0.6 is 91.3 Å². The highest BCUT2D eigenvalue weighted by atomic mass is 79.9. The number of aromatic nitrogens is 6. The molecule has 464 valence electrons. The summed E-state index contributed by atoms with van der Waals surface area (Å²) in [6.45, 7) is 1.74. The van der Waals surface area contributed by atoms with Gasteiger partial charge >= 0.3 is 6.08 Å². The van der Waals surface area contributed by atoms with Gasteiger partial charge in [0.2, 0.25) is 0 Å². The van der Waals surface area contributed by atoms with E-state index in [1.807, 2.05) is 121 Å². The first-order valence-electron chi connectivity index (χ1n) is 27.7. The quantitative estimate of drug-likeness (QED) is 0.0922. The number of hydrogen-bond donors (Lipinski definition) is 2. The molecule has 6 aromatic heterocycles. The number of aryl methyl sites for hydroxylation is 7. The molecule has 12 aromatic rings. The number of alkyl halides is 1. The lowest BCUT2D eigenvalue weighted by molar-refractivity contribution is 0.337. The van der Waals surface area contributed by atoms with E-state index in [9.17, 15) is 24.3 Å². The molecule has 0 bridgehead atoms. The van der Waals surface area contributed by atoms with Gasteiger partial charge in [-0.3, -0.25) is 19.2 Å². The van der Waals surface area contributed by atoms with Crippen molar-refractivity contribution in [3.63, 3.8) is 0 Å². The Hall–Kier alpha value is -8.05. The molecule has 0 aliphatic rings. The van der Waals surface area contributed by atoms with Crippen LogP contribution in [0, 0.1) is 0 Å². The first-order valence-corrected chi connectivity index (χ1v) is 32.4. The number of nitrogens with one attached hydrogen (secondary N) is 1. The number of ether oxygens (including phenoxy) is 3. The van der Waals surface area contributed by atoms with Gasteiger partial charge in [0.25, 0.3) is 27.6 Å². The summed E-state index contributed by atoms with van der Waals surface area (Å²) in [5.74, 6) is 0.702. The maximum Gasteiger partial charge on any atom is 0.400 e. The largest absolute Gasteiger partial charge is 0.503 e. The Bertz CT molecular complexity index is 4410. The van der Waals surface area contributed by atoms with Crippen molar-refractivity contribution < 1.29 is 28.2 Å². The van der Waals surface area contributed by atoms with Crippen molar-refractivity contribution in [2.24, 2.45) is 0 Å². The fraction of sp³-hybridized carbons (Fsp3) is 0.147. The van der Waals surface area contributed by atoms with E-state index >= 15 is 0 Å². The lowest BCUT2D eigenvalue weighted by Gasteiger charge is -2.08. The van der Waals surface area contributed by atoms with Gasteiger partial charge in [-0.1, -0.05) is 177 Å². The van der Waals surface area contributed by atoms with Crippen molar-refractivity contribution in [1.29, 1.82) is 0 Å². The van der Waals surface area contributed by atoms with E-state index in [0.717, 1.165) is 66.7 Å². The van der Waals surface area contributed by atoms with Gasteiger partial charge in [0.1, 0.15) is 11.0 Å². The molecule has 16 nitrogen and oxygen atoms in total. The molecule has 0 amide bonds. The Kier molecular flexibility index (Phi) is 28.2. The third-order valence-corrected chi connectivity index (χ3v) is 16.6. The molecule has 0 aliphatic carbocycles. The van der Waals surface area contributed by atoms with Crippen molar-refractivity contribution in [2.45, 2.75) is 45.3 Å². The van der Waals surface area contributed by atoms with Gasteiger partial charge < -0.3 is 46.8 Å². The molecule has 0 fully saturated rings. The van der Waals surface area contributed by atoms with Gasteiger partial charge in [0.05, 0.1) is 14.2 Å². The molecule has 0 unspecified atom stereocenters. The van der Waals surface area contributed by atoms with Gasteiger partial charge in [-0.05, 0) is 157 Å². The van der Waals surface area contributed by atoms with Crippen molar-refractivity contribution in [2.75, 3.05) is 19.5 Å². The minimum absolute atomic E-state index is 0.0619. The standard InChI is InChI=1S/C20H15BrN2O3.C14H14BrNO2.C13H12BrNO2.C8H8Br2.C7H4ClNO.C6H7NO2/c21-15-7-2-1-6-14(15)11-13-23-12-5-10-18(19(23)24)26-20-22-16-8-3-4-9-17(16)25-20;1-18-13-7-4-9-16(14(13)17)10-8-11-5-2-3-6-12(11)15;14-11-5-2-1-4-10(11)7-9-15-8-3-6-12(16)13(15)17;9-6-5-7-3-1-2-4-8(7)10;8-7-9-5-3-1-2-4-6(5)10-7;1-9-5-3-2-4-7-6(5)8/h1-10,12H,11,13H2;2-7,9H,8,10H2,1H3;1-6,8,16H,7,9H2;1-4H,5-6H2;1-4H;2-4H,1H3,(H,7,8). The molecule has 0 saturated heterocycles. The fourth-order valence-electron chi connectivity index (χ4n) is 8.34. The SMILES string of the molecule is BrCCc1ccccc1Br.COc1ccc[nH]c1=O.COc1cccn(CCc2ccccc2Br)c1=O.Clc1nc2ccccc2o1.O=c1c(O)cccn1CCc1ccccc1Br.O=c1c(Oc2nc3ccccc3o2)cccn1CCc1ccccc1Br. The Morgan fingerprint density at radius 1 is 0.467 bits per heavy atom. The molecule has 0 spiro atoms. The minimum atomic E-state index is -0.348.